The number of rotatable bonds is 3. The van der Waals surface area contributed by atoms with E-state index in [1.807, 2.05) is 6.92 Å². The molecule has 1 unspecified atom stereocenters. The number of amides is 1. The van der Waals surface area contributed by atoms with Crippen LogP contribution >= 0.6 is 0 Å². The Morgan fingerprint density at radius 1 is 1.11 bits per heavy atom. The average molecular weight is 255 g/mol. The maximum atomic E-state index is 11.9. The van der Waals surface area contributed by atoms with Crippen molar-refractivity contribution in [3.8, 4) is 0 Å². The number of carbonyl (C=O) groups is 2. The van der Waals surface area contributed by atoms with Gasteiger partial charge in [0.2, 0.25) is 0 Å². The summed E-state index contributed by atoms with van der Waals surface area (Å²) in [5.74, 6) is -0.953. The Morgan fingerprint density at radius 2 is 1.72 bits per heavy atom. The lowest BCUT2D eigenvalue weighted by Gasteiger charge is -2.47. The van der Waals surface area contributed by atoms with E-state index in [9.17, 15) is 19.8 Å². The second-order valence-corrected chi connectivity index (χ2v) is 5.54. The Hall–Kier alpha value is -1.26. The van der Waals surface area contributed by atoms with E-state index < -0.39 is 17.6 Å². The standard InChI is InChI=1S/C13H21NO4/c1-2-12(6-3-4-7-12)13(10(15)16)8-5-9-14(13)11(17)18/h2-9H2,1H3,(H,15,16)(H,17,18). The van der Waals surface area contributed by atoms with Gasteiger partial charge in [0.1, 0.15) is 5.54 Å². The molecule has 2 N–H and O–H groups in total. The van der Waals surface area contributed by atoms with E-state index in [4.69, 9.17) is 0 Å². The fraction of sp³-hybridized carbons (Fsp3) is 0.846. The first-order valence-electron chi connectivity index (χ1n) is 6.74. The molecule has 1 heterocycles. The van der Waals surface area contributed by atoms with Gasteiger partial charge in [-0.25, -0.2) is 9.59 Å². The molecule has 102 valence electrons. The van der Waals surface area contributed by atoms with Crippen LogP contribution in [0.3, 0.4) is 0 Å². The second-order valence-electron chi connectivity index (χ2n) is 5.54. The van der Waals surface area contributed by atoms with E-state index >= 15 is 0 Å². The molecule has 0 aromatic rings. The average Bonchev–Trinajstić information content (AvgIpc) is 2.96. The van der Waals surface area contributed by atoms with Crippen molar-refractivity contribution >= 4 is 12.1 Å². The molecule has 0 radical (unpaired) electrons. The SMILES string of the molecule is CCC1(C2(C(=O)O)CCCN2C(=O)O)CCCC1. The monoisotopic (exact) mass is 255 g/mol. The summed E-state index contributed by atoms with van der Waals surface area (Å²) in [6.07, 6.45) is 4.45. The smallest absolute Gasteiger partial charge is 0.408 e. The molecular formula is C13H21NO4. The molecule has 18 heavy (non-hydrogen) atoms. The zero-order valence-electron chi connectivity index (χ0n) is 10.8. The molecule has 1 aliphatic heterocycles. The maximum Gasteiger partial charge on any atom is 0.408 e. The minimum absolute atomic E-state index is 0.351. The maximum absolute atomic E-state index is 11.9. The minimum Gasteiger partial charge on any atom is -0.479 e. The molecule has 1 atom stereocenters. The molecule has 2 rings (SSSR count). The number of nitrogens with zero attached hydrogens (tertiary/aromatic N) is 1. The summed E-state index contributed by atoms with van der Waals surface area (Å²) in [7, 11) is 0. The lowest BCUT2D eigenvalue weighted by atomic mass is 9.64. The number of carboxylic acid groups (broad SMARTS) is 2. The molecule has 0 spiro atoms. The molecule has 0 aromatic carbocycles. The largest absolute Gasteiger partial charge is 0.479 e. The normalized spacial score (nSPS) is 30.6. The summed E-state index contributed by atoms with van der Waals surface area (Å²) in [5.41, 5.74) is -1.56. The number of aliphatic carboxylic acids is 1. The van der Waals surface area contributed by atoms with Gasteiger partial charge in [-0.1, -0.05) is 19.8 Å². The summed E-state index contributed by atoms with van der Waals surface area (Å²) in [5, 5.41) is 19.1. The highest BCUT2D eigenvalue weighted by Crippen LogP contribution is 2.55. The van der Waals surface area contributed by atoms with Gasteiger partial charge in [0.25, 0.3) is 0 Å². The van der Waals surface area contributed by atoms with Gasteiger partial charge in [-0.15, -0.1) is 0 Å². The first-order chi connectivity index (χ1) is 8.50. The van der Waals surface area contributed by atoms with Crippen molar-refractivity contribution < 1.29 is 19.8 Å². The van der Waals surface area contributed by atoms with Crippen LogP contribution in [0.4, 0.5) is 4.79 Å². The number of hydrogen-bond acceptors (Lipinski definition) is 2. The van der Waals surface area contributed by atoms with E-state index in [0.29, 0.717) is 19.4 Å². The molecule has 1 saturated heterocycles. The third-order valence-electron chi connectivity index (χ3n) is 5.08. The van der Waals surface area contributed by atoms with Crippen LogP contribution in [0, 0.1) is 5.41 Å². The van der Waals surface area contributed by atoms with Gasteiger partial charge in [0, 0.05) is 12.0 Å². The molecule has 2 aliphatic rings. The highest BCUT2D eigenvalue weighted by Gasteiger charge is 2.63. The van der Waals surface area contributed by atoms with Crippen LogP contribution in [0.1, 0.15) is 51.9 Å². The molecule has 5 nitrogen and oxygen atoms in total. The van der Waals surface area contributed by atoms with Gasteiger partial charge < -0.3 is 10.2 Å². The Kier molecular flexibility index (Phi) is 3.25. The molecule has 1 saturated carbocycles. The van der Waals surface area contributed by atoms with Crippen LogP contribution in [0.15, 0.2) is 0 Å². The molecular weight excluding hydrogens is 234 g/mol. The van der Waals surface area contributed by atoms with Crippen LogP contribution in [0.2, 0.25) is 0 Å². The lowest BCUT2D eigenvalue weighted by Crippen LogP contribution is -2.62. The summed E-state index contributed by atoms with van der Waals surface area (Å²) in [4.78, 5) is 24.5. The quantitative estimate of drug-likeness (QED) is 0.812. The zero-order valence-corrected chi connectivity index (χ0v) is 10.8. The van der Waals surface area contributed by atoms with Crippen molar-refractivity contribution in [2.24, 2.45) is 5.41 Å². The molecule has 1 amide bonds. The number of likely N-dealkylation sites (tertiary alicyclic amines) is 1. The van der Waals surface area contributed by atoms with Crippen molar-refractivity contribution in [1.29, 1.82) is 0 Å². The topological polar surface area (TPSA) is 77.8 Å². The number of hydrogen-bond donors (Lipinski definition) is 2. The third kappa shape index (κ3) is 1.52. The highest BCUT2D eigenvalue weighted by molar-refractivity contribution is 5.86. The number of carboxylic acids is 1. The van der Waals surface area contributed by atoms with Gasteiger partial charge in [-0.05, 0) is 32.1 Å². The molecule has 0 aromatic heterocycles. The Bertz CT molecular complexity index is 362. The Balaban J connectivity index is 2.49. The predicted molar refractivity (Wildman–Crippen MR) is 65.5 cm³/mol. The van der Waals surface area contributed by atoms with Crippen molar-refractivity contribution in [2.45, 2.75) is 57.4 Å². The Labute approximate surface area is 107 Å². The van der Waals surface area contributed by atoms with E-state index in [-0.39, 0.29) is 5.41 Å². The summed E-state index contributed by atoms with van der Waals surface area (Å²) in [6, 6.07) is 0. The summed E-state index contributed by atoms with van der Waals surface area (Å²) in [6.45, 7) is 2.34. The minimum atomic E-state index is -1.19. The van der Waals surface area contributed by atoms with Crippen molar-refractivity contribution in [3.63, 3.8) is 0 Å². The van der Waals surface area contributed by atoms with Gasteiger partial charge in [-0.3, -0.25) is 4.90 Å². The van der Waals surface area contributed by atoms with Crippen LogP contribution < -0.4 is 0 Å². The molecule has 2 fully saturated rings. The predicted octanol–water partition coefficient (Wildman–Crippen LogP) is 2.55. The summed E-state index contributed by atoms with van der Waals surface area (Å²) >= 11 is 0. The third-order valence-corrected chi connectivity index (χ3v) is 5.08. The van der Waals surface area contributed by atoms with Crippen molar-refractivity contribution in [2.75, 3.05) is 6.54 Å². The van der Waals surface area contributed by atoms with Gasteiger partial charge >= 0.3 is 12.1 Å². The fourth-order valence-electron chi connectivity index (χ4n) is 4.19. The highest BCUT2D eigenvalue weighted by atomic mass is 16.4. The Morgan fingerprint density at radius 3 is 2.17 bits per heavy atom. The van der Waals surface area contributed by atoms with Crippen LogP contribution in [0.25, 0.3) is 0 Å². The molecule has 0 bridgehead atoms. The molecule has 1 aliphatic carbocycles. The fourth-order valence-corrected chi connectivity index (χ4v) is 4.19. The zero-order chi connectivity index (χ0) is 13.4. The molecule has 5 heteroatoms. The summed E-state index contributed by atoms with van der Waals surface area (Å²) < 4.78 is 0. The van der Waals surface area contributed by atoms with Gasteiger partial charge in [0.05, 0.1) is 0 Å². The van der Waals surface area contributed by atoms with Gasteiger partial charge in [-0.2, -0.15) is 0 Å². The van der Waals surface area contributed by atoms with Gasteiger partial charge in [0.15, 0.2) is 0 Å². The van der Waals surface area contributed by atoms with E-state index in [2.05, 4.69) is 0 Å². The lowest BCUT2D eigenvalue weighted by molar-refractivity contribution is -0.158. The second kappa shape index (κ2) is 4.44. The van der Waals surface area contributed by atoms with Crippen molar-refractivity contribution in [1.82, 2.24) is 4.90 Å². The van der Waals surface area contributed by atoms with Crippen LogP contribution in [-0.4, -0.2) is 39.3 Å². The van der Waals surface area contributed by atoms with Crippen LogP contribution in [0.5, 0.6) is 0 Å². The van der Waals surface area contributed by atoms with E-state index in [1.165, 1.54) is 4.90 Å². The first-order valence-corrected chi connectivity index (χ1v) is 6.74. The van der Waals surface area contributed by atoms with Crippen LogP contribution in [-0.2, 0) is 4.79 Å². The van der Waals surface area contributed by atoms with Crippen molar-refractivity contribution in [3.05, 3.63) is 0 Å². The van der Waals surface area contributed by atoms with E-state index in [0.717, 1.165) is 32.1 Å². The van der Waals surface area contributed by atoms with E-state index in [1.54, 1.807) is 0 Å². The first kappa shape index (κ1) is 13.2.